The van der Waals surface area contributed by atoms with Crippen LogP contribution in [0.4, 0.5) is 4.79 Å². The molecule has 1 aliphatic rings. The predicted molar refractivity (Wildman–Crippen MR) is 177 cm³/mol. The van der Waals surface area contributed by atoms with E-state index in [-0.39, 0.29) is 36.9 Å². The van der Waals surface area contributed by atoms with E-state index in [9.17, 15) is 19.8 Å². The number of carboxylic acid groups (broad SMARTS) is 1. The zero-order chi connectivity index (χ0) is 32.5. The van der Waals surface area contributed by atoms with E-state index in [2.05, 4.69) is 18.8 Å². The quantitative estimate of drug-likeness (QED) is 0.108. The average Bonchev–Trinajstić information content (AvgIpc) is 3.09. The number of hydrogen-bond donors (Lipinski definition) is 3. The standard InChI is InChI=1S/C37H37NO7S/c1-3-18-43-37(42)38-21-26-8-6-9-28(19-26)29-10-7-11-30(20-29)36-44-32(23-46-33-13-5-4-12-31(33)35(40)41)24(2)34(45-36)27-16-14-25(22-39)15-17-27/h3-17,19-20,24,32,34,36,39H,1,18,21-23H2,2H3,(H,38,42)(H,40,41)/t24-,32+,34+,36+/m1/s1. The number of carboxylic acids is 1. The lowest BCUT2D eigenvalue weighted by molar-refractivity contribution is -0.268. The normalized spacial score (nSPS) is 19.3. The van der Waals surface area contributed by atoms with Crippen molar-refractivity contribution >= 4 is 23.8 Å². The molecule has 4 atom stereocenters. The summed E-state index contributed by atoms with van der Waals surface area (Å²) in [6.45, 7) is 6.05. The van der Waals surface area contributed by atoms with Gasteiger partial charge in [-0.05, 0) is 52.1 Å². The number of aromatic carboxylic acids is 1. The van der Waals surface area contributed by atoms with Crippen LogP contribution < -0.4 is 5.32 Å². The van der Waals surface area contributed by atoms with Crippen molar-refractivity contribution in [3.63, 3.8) is 0 Å². The van der Waals surface area contributed by atoms with Gasteiger partial charge in [-0.3, -0.25) is 0 Å². The van der Waals surface area contributed by atoms with Crippen LogP contribution in [0.25, 0.3) is 11.1 Å². The van der Waals surface area contributed by atoms with Gasteiger partial charge >= 0.3 is 12.1 Å². The first-order valence-electron chi connectivity index (χ1n) is 15.0. The van der Waals surface area contributed by atoms with Crippen LogP contribution >= 0.6 is 11.8 Å². The fourth-order valence-corrected chi connectivity index (χ4v) is 6.55. The van der Waals surface area contributed by atoms with Crippen molar-refractivity contribution < 1.29 is 34.0 Å². The molecule has 8 nitrogen and oxygen atoms in total. The first-order chi connectivity index (χ1) is 22.4. The minimum absolute atomic E-state index is 0.0429. The van der Waals surface area contributed by atoms with Crippen LogP contribution in [0.3, 0.4) is 0 Å². The Labute approximate surface area is 273 Å². The van der Waals surface area contributed by atoms with E-state index >= 15 is 0 Å². The molecule has 5 rings (SSSR count). The summed E-state index contributed by atoms with van der Waals surface area (Å²) in [6, 6.07) is 30.6. The van der Waals surface area contributed by atoms with Gasteiger partial charge in [-0.2, -0.15) is 0 Å². The van der Waals surface area contributed by atoms with E-state index < -0.39 is 18.4 Å². The van der Waals surface area contributed by atoms with Crippen molar-refractivity contribution in [3.8, 4) is 11.1 Å². The number of carbonyl (C=O) groups is 2. The molecule has 1 aliphatic heterocycles. The van der Waals surface area contributed by atoms with Crippen molar-refractivity contribution in [2.24, 2.45) is 5.92 Å². The van der Waals surface area contributed by atoms with Crippen molar-refractivity contribution in [2.45, 2.75) is 43.5 Å². The highest BCUT2D eigenvalue weighted by atomic mass is 32.2. The SMILES string of the molecule is C=CCOC(=O)NCc1cccc(-c2cccc([C@H]3O[C@@H](CSc4ccccc4C(=O)O)[C@@H](C)[C@@H](c4ccc(CO)cc4)O3)c2)c1. The second kappa shape index (κ2) is 15.7. The molecular formula is C37H37NO7S. The van der Waals surface area contributed by atoms with Gasteiger partial charge in [-0.25, -0.2) is 9.59 Å². The van der Waals surface area contributed by atoms with Gasteiger partial charge in [-0.1, -0.05) is 92.4 Å². The number of alkyl carbamates (subject to hydrolysis) is 1. The number of benzene rings is 4. The molecule has 238 valence electrons. The van der Waals surface area contributed by atoms with Crippen LogP contribution in [-0.2, 0) is 27.4 Å². The van der Waals surface area contributed by atoms with Crippen molar-refractivity contribution in [2.75, 3.05) is 12.4 Å². The lowest BCUT2D eigenvalue weighted by Crippen LogP contribution is -2.38. The molecule has 9 heteroatoms. The number of nitrogens with one attached hydrogen (secondary N) is 1. The molecule has 1 fully saturated rings. The van der Waals surface area contributed by atoms with Gasteiger partial charge in [0.15, 0.2) is 6.29 Å². The second-order valence-corrected chi connectivity index (χ2v) is 12.1. The Morgan fingerprint density at radius 3 is 2.39 bits per heavy atom. The third-order valence-electron chi connectivity index (χ3n) is 7.83. The summed E-state index contributed by atoms with van der Waals surface area (Å²) in [6.07, 6.45) is -0.226. The molecule has 0 aromatic heterocycles. The van der Waals surface area contributed by atoms with E-state index in [1.54, 1.807) is 12.1 Å². The first-order valence-corrected chi connectivity index (χ1v) is 16.0. The topological polar surface area (TPSA) is 114 Å². The predicted octanol–water partition coefficient (Wildman–Crippen LogP) is 7.54. The highest BCUT2D eigenvalue weighted by molar-refractivity contribution is 7.99. The maximum atomic E-state index is 11.9. The second-order valence-electron chi connectivity index (χ2n) is 11.0. The van der Waals surface area contributed by atoms with Crippen LogP contribution in [0.1, 0.15) is 51.9 Å². The Morgan fingerprint density at radius 1 is 0.913 bits per heavy atom. The monoisotopic (exact) mass is 639 g/mol. The van der Waals surface area contributed by atoms with E-state index in [0.717, 1.165) is 33.4 Å². The fourth-order valence-electron chi connectivity index (χ4n) is 5.34. The highest BCUT2D eigenvalue weighted by Gasteiger charge is 2.38. The Balaban J connectivity index is 1.39. The molecule has 0 aliphatic carbocycles. The summed E-state index contributed by atoms with van der Waals surface area (Å²) >= 11 is 1.46. The minimum atomic E-state index is -0.965. The van der Waals surface area contributed by atoms with Crippen molar-refractivity contribution in [1.29, 1.82) is 0 Å². The Bertz CT molecular complexity index is 1660. The Hall–Kier alpha value is -4.41. The van der Waals surface area contributed by atoms with Gasteiger partial charge in [0.25, 0.3) is 0 Å². The zero-order valence-corrected chi connectivity index (χ0v) is 26.3. The molecule has 46 heavy (non-hydrogen) atoms. The van der Waals surface area contributed by atoms with Gasteiger partial charge in [0.2, 0.25) is 0 Å². The molecule has 0 spiro atoms. The molecule has 0 radical (unpaired) electrons. The molecule has 4 aromatic rings. The lowest BCUT2D eigenvalue weighted by Gasteiger charge is -2.41. The van der Waals surface area contributed by atoms with E-state index in [0.29, 0.717) is 17.2 Å². The number of rotatable bonds is 12. The number of amides is 1. The van der Waals surface area contributed by atoms with Crippen molar-refractivity contribution in [1.82, 2.24) is 5.32 Å². The fraction of sp³-hybridized carbons (Fsp3) is 0.243. The molecule has 0 saturated carbocycles. The van der Waals surface area contributed by atoms with Crippen LogP contribution in [0, 0.1) is 5.92 Å². The summed E-state index contributed by atoms with van der Waals surface area (Å²) in [5.41, 5.74) is 5.75. The third kappa shape index (κ3) is 8.24. The van der Waals surface area contributed by atoms with Gasteiger partial charge in [0.1, 0.15) is 6.61 Å². The van der Waals surface area contributed by atoms with Crippen LogP contribution in [0.15, 0.2) is 115 Å². The Morgan fingerprint density at radius 2 is 1.65 bits per heavy atom. The largest absolute Gasteiger partial charge is 0.478 e. The first kappa shape index (κ1) is 33.0. The van der Waals surface area contributed by atoms with Gasteiger partial charge in [0, 0.05) is 28.7 Å². The molecule has 1 heterocycles. The number of hydrogen-bond acceptors (Lipinski definition) is 7. The summed E-state index contributed by atoms with van der Waals surface area (Å²) in [5.74, 6) is -0.486. The smallest absolute Gasteiger partial charge is 0.407 e. The van der Waals surface area contributed by atoms with Gasteiger partial charge in [-0.15, -0.1) is 11.8 Å². The number of aliphatic hydroxyl groups is 1. The molecule has 3 N–H and O–H groups in total. The Kier molecular flexibility index (Phi) is 11.3. The molecular weight excluding hydrogens is 602 g/mol. The van der Waals surface area contributed by atoms with E-state index in [4.69, 9.17) is 14.2 Å². The number of carbonyl (C=O) groups excluding carboxylic acids is 1. The molecule has 0 bridgehead atoms. The summed E-state index contributed by atoms with van der Waals surface area (Å²) in [4.78, 5) is 24.4. The van der Waals surface area contributed by atoms with E-state index in [1.165, 1.54) is 17.8 Å². The summed E-state index contributed by atoms with van der Waals surface area (Å²) in [7, 11) is 0. The summed E-state index contributed by atoms with van der Waals surface area (Å²) in [5, 5.41) is 22.0. The highest BCUT2D eigenvalue weighted by Crippen LogP contribution is 2.43. The van der Waals surface area contributed by atoms with Gasteiger partial charge in [0.05, 0.1) is 24.4 Å². The molecule has 0 unspecified atom stereocenters. The van der Waals surface area contributed by atoms with Gasteiger partial charge < -0.3 is 29.7 Å². The van der Waals surface area contributed by atoms with Crippen LogP contribution in [0.5, 0.6) is 0 Å². The van der Waals surface area contributed by atoms with E-state index in [1.807, 2.05) is 84.9 Å². The molecule has 4 aromatic carbocycles. The zero-order valence-electron chi connectivity index (χ0n) is 25.5. The average molecular weight is 640 g/mol. The van der Waals surface area contributed by atoms with Crippen LogP contribution in [-0.4, -0.2) is 40.7 Å². The number of ether oxygens (including phenoxy) is 3. The maximum Gasteiger partial charge on any atom is 0.407 e. The lowest BCUT2D eigenvalue weighted by atomic mass is 9.91. The molecule has 1 amide bonds. The number of aliphatic hydroxyl groups excluding tert-OH is 1. The molecule has 1 saturated heterocycles. The maximum absolute atomic E-state index is 11.9. The van der Waals surface area contributed by atoms with Crippen LogP contribution in [0.2, 0.25) is 0 Å². The number of thioether (sulfide) groups is 1. The van der Waals surface area contributed by atoms with Crippen molar-refractivity contribution in [3.05, 3.63) is 138 Å². The summed E-state index contributed by atoms with van der Waals surface area (Å²) < 4.78 is 18.3. The minimum Gasteiger partial charge on any atom is -0.478 e. The third-order valence-corrected chi connectivity index (χ3v) is 8.99.